The van der Waals surface area contributed by atoms with Crippen LogP contribution in [0.3, 0.4) is 0 Å². The van der Waals surface area contributed by atoms with Gasteiger partial charge in [-0.1, -0.05) is 12.1 Å². The number of piperidine rings is 1. The Bertz CT molecular complexity index is 991. The molecule has 168 valence electrons. The SMILES string of the molecule is CC1CCN(S(=O)(=O)c2ccc(-c3noc(CCC(=O)N4CCOCC4)n3)cc2)CC1. The van der Waals surface area contributed by atoms with Crippen molar-refractivity contribution in [3.05, 3.63) is 30.2 Å². The second-order valence-electron chi connectivity index (χ2n) is 8.12. The number of amides is 1. The molecule has 2 aliphatic heterocycles. The Morgan fingerprint density at radius 2 is 1.77 bits per heavy atom. The smallest absolute Gasteiger partial charge is 0.243 e. The molecular formula is C21H28N4O5S. The number of carbonyl (C=O) groups excluding carboxylic acids is 1. The summed E-state index contributed by atoms with van der Waals surface area (Å²) in [5.41, 5.74) is 0.667. The van der Waals surface area contributed by atoms with Crippen LogP contribution in [0.2, 0.25) is 0 Å². The molecule has 4 rings (SSSR count). The van der Waals surface area contributed by atoms with E-state index in [1.165, 1.54) is 0 Å². The van der Waals surface area contributed by atoms with Crippen LogP contribution in [-0.2, 0) is 26.0 Å². The van der Waals surface area contributed by atoms with Crippen molar-refractivity contribution in [1.29, 1.82) is 0 Å². The van der Waals surface area contributed by atoms with Gasteiger partial charge in [-0.05, 0) is 43.0 Å². The van der Waals surface area contributed by atoms with Gasteiger partial charge in [0.05, 0.1) is 18.1 Å². The first kappa shape index (κ1) is 21.9. The number of aromatic nitrogens is 2. The Balaban J connectivity index is 1.37. The summed E-state index contributed by atoms with van der Waals surface area (Å²) in [5, 5.41) is 3.98. The third-order valence-corrected chi connectivity index (χ3v) is 7.79. The van der Waals surface area contributed by atoms with Crippen LogP contribution in [0.4, 0.5) is 0 Å². The van der Waals surface area contributed by atoms with Gasteiger partial charge in [0.2, 0.25) is 27.6 Å². The van der Waals surface area contributed by atoms with Crippen LogP contribution in [0.25, 0.3) is 11.4 Å². The number of aryl methyl sites for hydroxylation is 1. The van der Waals surface area contributed by atoms with Crippen molar-refractivity contribution in [2.45, 2.75) is 37.5 Å². The van der Waals surface area contributed by atoms with E-state index >= 15 is 0 Å². The average Bonchev–Trinajstić information content (AvgIpc) is 3.27. The van der Waals surface area contributed by atoms with Gasteiger partial charge in [-0.15, -0.1) is 0 Å². The van der Waals surface area contributed by atoms with Crippen LogP contribution in [0.15, 0.2) is 33.7 Å². The minimum absolute atomic E-state index is 0.0460. The van der Waals surface area contributed by atoms with E-state index in [9.17, 15) is 13.2 Å². The van der Waals surface area contributed by atoms with Gasteiger partial charge in [0.15, 0.2) is 0 Å². The van der Waals surface area contributed by atoms with E-state index in [0.717, 1.165) is 12.8 Å². The summed E-state index contributed by atoms with van der Waals surface area (Å²) in [6, 6.07) is 6.54. The molecule has 0 bridgehead atoms. The lowest BCUT2D eigenvalue weighted by atomic mass is 10.0. The lowest BCUT2D eigenvalue weighted by Crippen LogP contribution is -2.40. The zero-order valence-electron chi connectivity index (χ0n) is 17.7. The normalized spacial score (nSPS) is 18.9. The standard InChI is InChI=1S/C21H28N4O5S/c1-16-8-10-25(11-9-16)31(27,28)18-4-2-17(3-5-18)21-22-19(30-23-21)6-7-20(26)24-12-14-29-15-13-24/h2-5,16H,6-15H2,1H3. The molecule has 0 atom stereocenters. The van der Waals surface area contributed by atoms with Gasteiger partial charge in [0.25, 0.3) is 0 Å². The quantitative estimate of drug-likeness (QED) is 0.665. The number of morpholine rings is 1. The zero-order valence-corrected chi connectivity index (χ0v) is 18.5. The molecule has 1 aromatic carbocycles. The number of rotatable bonds is 6. The van der Waals surface area contributed by atoms with Gasteiger partial charge in [-0.2, -0.15) is 9.29 Å². The van der Waals surface area contributed by atoms with Crippen molar-refractivity contribution < 1.29 is 22.5 Å². The first-order chi connectivity index (χ1) is 14.9. The van der Waals surface area contributed by atoms with E-state index < -0.39 is 10.0 Å². The molecule has 1 amide bonds. The molecule has 0 radical (unpaired) electrons. The van der Waals surface area contributed by atoms with E-state index in [-0.39, 0.29) is 10.8 Å². The maximum atomic E-state index is 12.9. The first-order valence-electron chi connectivity index (χ1n) is 10.7. The molecule has 2 aromatic rings. The molecule has 0 saturated carbocycles. The van der Waals surface area contributed by atoms with Gasteiger partial charge in [-0.3, -0.25) is 4.79 Å². The van der Waals surface area contributed by atoms with Gasteiger partial charge < -0.3 is 14.2 Å². The summed E-state index contributed by atoms with van der Waals surface area (Å²) in [5.74, 6) is 1.37. The molecule has 3 heterocycles. The second kappa shape index (κ2) is 9.46. The Morgan fingerprint density at radius 3 is 2.45 bits per heavy atom. The predicted molar refractivity (Wildman–Crippen MR) is 113 cm³/mol. The summed E-state index contributed by atoms with van der Waals surface area (Å²) in [7, 11) is -3.49. The zero-order chi connectivity index (χ0) is 21.8. The number of sulfonamides is 1. The maximum absolute atomic E-state index is 12.9. The fraction of sp³-hybridized carbons (Fsp3) is 0.571. The molecule has 0 unspecified atom stereocenters. The van der Waals surface area contributed by atoms with Crippen LogP contribution in [-0.4, -0.2) is 73.1 Å². The van der Waals surface area contributed by atoms with Gasteiger partial charge in [0.1, 0.15) is 0 Å². The Hall–Kier alpha value is -2.30. The number of carbonyl (C=O) groups is 1. The Kier molecular flexibility index (Phi) is 6.68. The van der Waals surface area contributed by atoms with E-state index in [0.29, 0.717) is 75.4 Å². The minimum Gasteiger partial charge on any atom is -0.378 e. The minimum atomic E-state index is -3.49. The fourth-order valence-electron chi connectivity index (χ4n) is 3.81. The molecule has 31 heavy (non-hydrogen) atoms. The molecule has 0 N–H and O–H groups in total. The molecule has 0 aliphatic carbocycles. The second-order valence-corrected chi connectivity index (χ2v) is 10.1. The van der Waals surface area contributed by atoms with Crippen LogP contribution in [0.5, 0.6) is 0 Å². The number of ether oxygens (including phenoxy) is 1. The van der Waals surface area contributed by atoms with E-state index in [4.69, 9.17) is 9.26 Å². The molecule has 2 saturated heterocycles. The van der Waals surface area contributed by atoms with Crippen molar-refractivity contribution in [3.63, 3.8) is 0 Å². The van der Waals surface area contributed by atoms with Gasteiger partial charge in [0, 0.05) is 44.6 Å². The topological polar surface area (TPSA) is 106 Å². The lowest BCUT2D eigenvalue weighted by molar-refractivity contribution is -0.135. The molecule has 1 aromatic heterocycles. The summed E-state index contributed by atoms with van der Waals surface area (Å²) >= 11 is 0. The van der Waals surface area contributed by atoms with Crippen molar-refractivity contribution >= 4 is 15.9 Å². The predicted octanol–water partition coefficient (Wildman–Crippen LogP) is 1.95. The van der Waals surface area contributed by atoms with Crippen LogP contribution in [0, 0.1) is 5.92 Å². The summed E-state index contributed by atoms with van der Waals surface area (Å²) in [6.07, 6.45) is 2.43. The number of benzene rings is 1. The van der Waals surface area contributed by atoms with Crippen molar-refractivity contribution in [2.24, 2.45) is 5.92 Å². The van der Waals surface area contributed by atoms with Crippen molar-refractivity contribution in [2.75, 3.05) is 39.4 Å². The highest BCUT2D eigenvalue weighted by Gasteiger charge is 2.28. The Morgan fingerprint density at radius 1 is 1.10 bits per heavy atom. The third-order valence-electron chi connectivity index (χ3n) is 5.88. The van der Waals surface area contributed by atoms with Crippen LogP contribution in [0.1, 0.15) is 32.1 Å². The number of hydrogen-bond acceptors (Lipinski definition) is 7. The van der Waals surface area contributed by atoms with E-state index in [1.807, 2.05) is 0 Å². The maximum Gasteiger partial charge on any atom is 0.243 e. The monoisotopic (exact) mass is 448 g/mol. The van der Waals surface area contributed by atoms with Gasteiger partial charge in [-0.25, -0.2) is 8.42 Å². The Labute approximate surface area is 182 Å². The molecule has 2 fully saturated rings. The number of nitrogens with zero attached hydrogens (tertiary/aromatic N) is 4. The van der Waals surface area contributed by atoms with Crippen molar-refractivity contribution in [3.8, 4) is 11.4 Å². The summed E-state index contributed by atoms with van der Waals surface area (Å²) in [6.45, 7) is 5.62. The molecule has 10 heteroatoms. The third kappa shape index (κ3) is 5.13. The van der Waals surface area contributed by atoms with Crippen LogP contribution < -0.4 is 0 Å². The summed E-state index contributed by atoms with van der Waals surface area (Å²) < 4.78 is 37.8. The highest BCUT2D eigenvalue weighted by molar-refractivity contribution is 7.89. The molecule has 2 aliphatic rings. The largest absolute Gasteiger partial charge is 0.378 e. The fourth-order valence-corrected chi connectivity index (χ4v) is 5.28. The summed E-state index contributed by atoms with van der Waals surface area (Å²) in [4.78, 5) is 18.7. The molecular weight excluding hydrogens is 420 g/mol. The average molecular weight is 449 g/mol. The highest BCUT2D eigenvalue weighted by Crippen LogP contribution is 2.25. The molecule has 9 nitrogen and oxygen atoms in total. The first-order valence-corrected chi connectivity index (χ1v) is 12.2. The molecule has 0 spiro atoms. The van der Waals surface area contributed by atoms with E-state index in [2.05, 4.69) is 17.1 Å². The van der Waals surface area contributed by atoms with Crippen molar-refractivity contribution in [1.82, 2.24) is 19.3 Å². The van der Waals surface area contributed by atoms with E-state index in [1.54, 1.807) is 33.5 Å². The highest BCUT2D eigenvalue weighted by atomic mass is 32.2. The number of hydrogen-bond donors (Lipinski definition) is 0. The van der Waals surface area contributed by atoms with Crippen LogP contribution >= 0.6 is 0 Å². The lowest BCUT2D eigenvalue weighted by Gasteiger charge is -2.29. The van der Waals surface area contributed by atoms with Gasteiger partial charge >= 0.3 is 0 Å².